The van der Waals surface area contributed by atoms with Crippen LogP contribution in [0.25, 0.3) is 0 Å². The lowest BCUT2D eigenvalue weighted by Crippen LogP contribution is -2.57. The van der Waals surface area contributed by atoms with Gasteiger partial charge in [-0.3, -0.25) is 33.8 Å². The first kappa shape index (κ1) is 39.3. The largest absolute Gasteiger partial charge is 0.351 e. The second-order valence-corrected chi connectivity index (χ2v) is 13.5. The van der Waals surface area contributed by atoms with Crippen LogP contribution in [0.5, 0.6) is 0 Å². The molecule has 262 valence electrons. The highest BCUT2D eigenvalue weighted by atomic mass is 16.2. The first-order chi connectivity index (χ1) is 22.4. The van der Waals surface area contributed by atoms with Gasteiger partial charge in [0.15, 0.2) is 0 Å². The van der Waals surface area contributed by atoms with Crippen molar-refractivity contribution >= 4 is 35.8 Å². The summed E-state index contributed by atoms with van der Waals surface area (Å²) in [5, 5.41) is 9.99. The molecule has 3 fully saturated rings. The van der Waals surface area contributed by atoms with E-state index >= 15 is 0 Å². The third-order valence-corrected chi connectivity index (χ3v) is 8.49. The zero-order valence-electron chi connectivity index (χ0n) is 28.8. The lowest BCUT2D eigenvalue weighted by Gasteiger charge is -2.35. The topological polar surface area (TPSA) is 180 Å². The maximum atomic E-state index is 13.3. The lowest BCUT2D eigenvalue weighted by atomic mass is 9.85. The third-order valence-electron chi connectivity index (χ3n) is 8.49. The summed E-state index contributed by atoms with van der Waals surface area (Å²) in [4.78, 5) is 78.9. The van der Waals surface area contributed by atoms with Gasteiger partial charge in [0.05, 0.1) is 19.3 Å². The average molecular weight is 658 g/mol. The summed E-state index contributed by atoms with van der Waals surface area (Å²) in [6.45, 7) is 10.3. The smallest absolute Gasteiger partial charge is 0.289 e. The highest BCUT2D eigenvalue weighted by molar-refractivity contribution is 6.37. The number of carbonyl (C=O) groups excluding carboxylic acids is 6. The molecule has 4 N–H and O–H groups in total. The predicted octanol–water partition coefficient (Wildman–Crippen LogP) is 2.70. The van der Waals surface area contributed by atoms with E-state index in [1.54, 1.807) is 0 Å². The molecular weight excluding hydrogens is 602 g/mol. The Bertz CT molecular complexity index is 1150. The van der Waals surface area contributed by atoms with E-state index in [1.165, 1.54) is 57.1 Å². The maximum absolute atomic E-state index is 13.3. The lowest BCUT2D eigenvalue weighted by molar-refractivity contribution is -0.140. The summed E-state index contributed by atoms with van der Waals surface area (Å²) in [6, 6.07) is -0.315. The van der Waals surface area contributed by atoms with Crippen LogP contribution in [-0.2, 0) is 24.0 Å². The molecule has 1 aromatic rings. The molecule has 47 heavy (non-hydrogen) atoms. The van der Waals surface area contributed by atoms with Gasteiger partial charge in [-0.1, -0.05) is 72.6 Å². The van der Waals surface area contributed by atoms with Crippen LogP contribution in [0, 0.1) is 11.3 Å². The van der Waals surface area contributed by atoms with Gasteiger partial charge in [-0.15, -0.1) is 0 Å². The fourth-order valence-corrected chi connectivity index (χ4v) is 5.53. The van der Waals surface area contributed by atoms with Gasteiger partial charge >= 0.3 is 0 Å². The molecule has 0 bridgehead atoms. The molecule has 1 aromatic heterocycles. The van der Waals surface area contributed by atoms with E-state index in [4.69, 9.17) is 0 Å². The molecule has 0 spiro atoms. The number of aromatic nitrogens is 2. The molecule has 1 aliphatic heterocycles. The molecule has 5 amide bonds. The number of rotatable bonds is 12. The van der Waals surface area contributed by atoms with Crippen LogP contribution < -0.4 is 21.3 Å². The predicted molar refractivity (Wildman–Crippen MR) is 178 cm³/mol. The molecule has 3 aliphatic rings. The van der Waals surface area contributed by atoms with Crippen molar-refractivity contribution in [3.05, 3.63) is 24.3 Å². The molecule has 2 aliphatic carbocycles. The molecule has 4 rings (SSSR count). The van der Waals surface area contributed by atoms with Crippen molar-refractivity contribution in [2.75, 3.05) is 19.6 Å². The number of amides is 5. The molecule has 0 aromatic carbocycles. The Morgan fingerprint density at radius 3 is 2.13 bits per heavy atom. The number of ketones is 1. The summed E-state index contributed by atoms with van der Waals surface area (Å²) >= 11 is 0. The second kappa shape index (κ2) is 20.4. The van der Waals surface area contributed by atoms with E-state index in [0.717, 1.165) is 38.6 Å². The number of likely N-dealkylation sites (tertiary alicyclic amines) is 1. The van der Waals surface area contributed by atoms with Crippen LogP contribution in [0.4, 0.5) is 0 Å². The minimum atomic E-state index is -0.661. The van der Waals surface area contributed by atoms with Gasteiger partial charge in [-0.2, -0.15) is 0 Å². The van der Waals surface area contributed by atoms with Crippen molar-refractivity contribution in [1.29, 1.82) is 0 Å². The van der Waals surface area contributed by atoms with Crippen molar-refractivity contribution in [2.45, 2.75) is 123 Å². The average Bonchev–Trinajstić information content (AvgIpc) is 3.82. The number of hydrogen-bond acceptors (Lipinski definition) is 8. The van der Waals surface area contributed by atoms with E-state index in [-0.39, 0.29) is 36.8 Å². The van der Waals surface area contributed by atoms with Crippen molar-refractivity contribution in [1.82, 2.24) is 36.1 Å². The summed E-state index contributed by atoms with van der Waals surface area (Å²) in [5.74, 6) is -1.65. The van der Waals surface area contributed by atoms with Crippen LogP contribution in [0.2, 0.25) is 0 Å². The van der Waals surface area contributed by atoms with E-state index in [9.17, 15) is 28.8 Å². The van der Waals surface area contributed by atoms with Crippen LogP contribution in [0.15, 0.2) is 18.6 Å². The SMILES string of the molecule is C1CCCCC1.CCC[C@H]1CCN(C(=O)C(NC(=O)CNC(=O)c2cnccn2)C(C)(C)C)C1C.O=CNCC(=O)C(=O)NC1CC1. The summed E-state index contributed by atoms with van der Waals surface area (Å²) in [6.07, 6.45) is 18.7. The number of nitrogens with zero attached hydrogens (tertiary/aromatic N) is 3. The molecule has 0 radical (unpaired) electrons. The van der Waals surface area contributed by atoms with Crippen LogP contribution >= 0.6 is 0 Å². The molecule has 3 atom stereocenters. The second-order valence-electron chi connectivity index (χ2n) is 13.5. The number of hydrogen-bond donors (Lipinski definition) is 4. The minimum absolute atomic E-state index is 0.0581. The fourth-order valence-electron chi connectivity index (χ4n) is 5.53. The highest BCUT2D eigenvalue weighted by Crippen LogP contribution is 2.31. The molecule has 13 heteroatoms. The van der Waals surface area contributed by atoms with E-state index in [2.05, 4.69) is 45.1 Å². The maximum Gasteiger partial charge on any atom is 0.289 e. The molecule has 2 unspecified atom stereocenters. The standard InChI is InChI=1S/C21H33N5O3.C7H10N2O3.C6H12/c1-6-7-15-8-11-26(14(15)2)20(29)18(21(3,4)5)25-17(27)13-24-19(28)16-12-22-9-10-23-16;10-4-8-3-6(11)7(12)9-5-1-2-5;1-2-4-6-5-3-1/h9-10,12,14-15,18H,6-8,11,13H2,1-5H3,(H,24,28)(H,25,27);4-5H,1-3H2,(H,8,10)(H,9,12);1-6H2/t14?,15-,18?;;/m0../s1. The van der Waals surface area contributed by atoms with Crippen molar-refractivity contribution in [3.8, 4) is 0 Å². The Morgan fingerprint density at radius 1 is 0.979 bits per heavy atom. The van der Waals surface area contributed by atoms with E-state index in [0.29, 0.717) is 12.3 Å². The van der Waals surface area contributed by atoms with Gasteiger partial charge < -0.3 is 26.2 Å². The Hall–Kier alpha value is -3.90. The zero-order valence-corrected chi connectivity index (χ0v) is 28.8. The quantitative estimate of drug-likeness (QED) is 0.196. The number of Topliss-reactive ketones (excluding diaryl/α,β-unsaturated/α-hetero) is 1. The Morgan fingerprint density at radius 2 is 1.62 bits per heavy atom. The Balaban J connectivity index is 0.000000345. The molecule has 2 heterocycles. The Kier molecular flexibility index (Phi) is 17.0. The fraction of sp³-hybridized carbons (Fsp3) is 0.706. The third kappa shape index (κ3) is 14.6. The normalized spacial score (nSPS) is 19.4. The van der Waals surface area contributed by atoms with Crippen LogP contribution in [-0.4, -0.2) is 88.4 Å². The van der Waals surface area contributed by atoms with Gasteiger partial charge in [-0.25, -0.2) is 4.98 Å². The first-order valence-corrected chi connectivity index (χ1v) is 17.0. The van der Waals surface area contributed by atoms with Crippen molar-refractivity contribution < 1.29 is 28.8 Å². The van der Waals surface area contributed by atoms with Gasteiger partial charge in [0, 0.05) is 31.0 Å². The summed E-state index contributed by atoms with van der Waals surface area (Å²) < 4.78 is 0. The van der Waals surface area contributed by atoms with Gasteiger partial charge in [-0.05, 0) is 43.9 Å². The molecule has 1 saturated heterocycles. The van der Waals surface area contributed by atoms with Crippen molar-refractivity contribution in [2.24, 2.45) is 11.3 Å². The highest BCUT2D eigenvalue weighted by Gasteiger charge is 2.41. The van der Waals surface area contributed by atoms with E-state index in [1.807, 2.05) is 25.7 Å². The van der Waals surface area contributed by atoms with Gasteiger partial charge in [0.1, 0.15) is 11.7 Å². The monoisotopic (exact) mass is 657 g/mol. The summed E-state index contributed by atoms with van der Waals surface area (Å²) in [5.41, 5.74) is -0.318. The minimum Gasteiger partial charge on any atom is -0.351 e. The zero-order chi connectivity index (χ0) is 34.8. The van der Waals surface area contributed by atoms with Gasteiger partial charge in [0.25, 0.3) is 11.8 Å². The Labute approximate surface area is 279 Å². The summed E-state index contributed by atoms with van der Waals surface area (Å²) in [7, 11) is 0. The number of nitrogens with one attached hydrogen (secondary N) is 4. The van der Waals surface area contributed by atoms with Crippen LogP contribution in [0.1, 0.15) is 116 Å². The molecule has 2 saturated carbocycles. The van der Waals surface area contributed by atoms with Gasteiger partial charge in [0.2, 0.25) is 24.0 Å². The van der Waals surface area contributed by atoms with E-state index < -0.39 is 35.0 Å². The first-order valence-electron chi connectivity index (χ1n) is 17.0. The molecular formula is C34H55N7O6. The number of carbonyl (C=O) groups is 6. The van der Waals surface area contributed by atoms with Crippen LogP contribution in [0.3, 0.4) is 0 Å². The molecule has 13 nitrogen and oxygen atoms in total. The van der Waals surface area contributed by atoms with Crippen molar-refractivity contribution in [3.63, 3.8) is 0 Å².